The molecule has 1 fully saturated rings. The van der Waals surface area contributed by atoms with Crippen molar-refractivity contribution in [3.8, 4) is 11.5 Å². The van der Waals surface area contributed by atoms with E-state index in [1.165, 1.54) is 16.7 Å². The van der Waals surface area contributed by atoms with Crippen LogP contribution < -0.4 is 4.74 Å². The molecule has 0 unspecified atom stereocenters. The van der Waals surface area contributed by atoms with Crippen LogP contribution in [0.15, 0.2) is 78.9 Å². The summed E-state index contributed by atoms with van der Waals surface area (Å²) in [5.74, 6) is 2.12. The Kier molecular flexibility index (Phi) is 6.22. The van der Waals surface area contributed by atoms with Crippen molar-refractivity contribution in [1.82, 2.24) is 9.80 Å². The molecule has 0 aliphatic carbocycles. The van der Waals surface area contributed by atoms with Gasteiger partial charge in [0.15, 0.2) is 0 Å². The van der Waals surface area contributed by atoms with Gasteiger partial charge in [-0.05, 0) is 66.8 Å². The van der Waals surface area contributed by atoms with Crippen LogP contribution in [-0.4, -0.2) is 35.3 Å². The number of hydrogen-bond donors (Lipinski definition) is 0. The molecule has 0 radical (unpaired) electrons. The largest absolute Gasteiger partial charge is 0.457 e. The maximum atomic E-state index is 13.3. The van der Waals surface area contributed by atoms with Crippen LogP contribution in [0.3, 0.4) is 0 Å². The van der Waals surface area contributed by atoms with Gasteiger partial charge in [-0.2, -0.15) is 0 Å². The highest BCUT2D eigenvalue weighted by molar-refractivity contribution is 5.79. The summed E-state index contributed by atoms with van der Waals surface area (Å²) in [5.41, 5.74) is 3.91. The van der Waals surface area contributed by atoms with Gasteiger partial charge in [-0.3, -0.25) is 9.69 Å². The first-order valence-corrected chi connectivity index (χ1v) is 11.6. The summed E-state index contributed by atoms with van der Waals surface area (Å²) in [4.78, 5) is 17.8. The predicted molar refractivity (Wildman–Crippen MR) is 127 cm³/mol. The van der Waals surface area contributed by atoms with Gasteiger partial charge in [0.2, 0.25) is 5.91 Å². The number of carbonyl (C=O) groups is 1. The van der Waals surface area contributed by atoms with Crippen LogP contribution in [0, 0.1) is 5.92 Å². The first kappa shape index (κ1) is 20.8. The normalized spacial score (nSPS) is 18.8. The van der Waals surface area contributed by atoms with Gasteiger partial charge in [-0.1, -0.05) is 54.6 Å². The molecule has 4 heteroatoms. The second kappa shape index (κ2) is 9.58. The Hall–Kier alpha value is -3.11. The number of ether oxygens (including phenoxy) is 1. The van der Waals surface area contributed by atoms with Crippen LogP contribution in [0.25, 0.3) is 0 Å². The van der Waals surface area contributed by atoms with E-state index in [1.54, 1.807) is 0 Å². The van der Waals surface area contributed by atoms with Crippen LogP contribution >= 0.6 is 0 Å². The topological polar surface area (TPSA) is 32.8 Å². The number of piperidine rings is 1. The minimum atomic E-state index is 0.0952. The average Bonchev–Trinajstić information content (AvgIpc) is 2.84. The van der Waals surface area contributed by atoms with Crippen LogP contribution in [0.5, 0.6) is 11.5 Å². The number of para-hydroxylation sites is 1. The monoisotopic (exact) mass is 426 g/mol. The van der Waals surface area contributed by atoms with Crippen molar-refractivity contribution in [1.29, 1.82) is 0 Å². The molecule has 2 aliphatic heterocycles. The SMILES string of the molecule is O=C([C@@H]1CCCN(Cc2cccc(Oc3ccccc3)c2)C1)N1CCc2ccccc2C1. The number of rotatable bonds is 5. The van der Waals surface area contributed by atoms with Gasteiger partial charge < -0.3 is 9.64 Å². The summed E-state index contributed by atoms with van der Waals surface area (Å²) in [5, 5.41) is 0. The Balaban J connectivity index is 1.20. The highest BCUT2D eigenvalue weighted by Gasteiger charge is 2.30. The molecule has 0 spiro atoms. The van der Waals surface area contributed by atoms with E-state index in [4.69, 9.17) is 4.74 Å². The molecule has 164 valence electrons. The van der Waals surface area contributed by atoms with Gasteiger partial charge in [0, 0.05) is 26.2 Å². The number of likely N-dealkylation sites (tertiary alicyclic amines) is 1. The third kappa shape index (κ3) is 4.86. The van der Waals surface area contributed by atoms with Crippen molar-refractivity contribution in [2.75, 3.05) is 19.6 Å². The molecule has 4 nitrogen and oxygen atoms in total. The molecule has 32 heavy (non-hydrogen) atoms. The zero-order valence-electron chi connectivity index (χ0n) is 18.5. The molecule has 1 atom stereocenters. The first-order valence-electron chi connectivity index (χ1n) is 11.6. The van der Waals surface area contributed by atoms with Crippen molar-refractivity contribution in [3.05, 3.63) is 95.6 Å². The lowest BCUT2D eigenvalue weighted by Gasteiger charge is -2.36. The summed E-state index contributed by atoms with van der Waals surface area (Å²) in [6.07, 6.45) is 3.03. The van der Waals surface area contributed by atoms with Crippen molar-refractivity contribution >= 4 is 5.91 Å². The minimum absolute atomic E-state index is 0.0952. The zero-order chi connectivity index (χ0) is 21.8. The lowest BCUT2D eigenvalue weighted by atomic mass is 9.93. The number of hydrogen-bond acceptors (Lipinski definition) is 3. The zero-order valence-corrected chi connectivity index (χ0v) is 18.5. The van der Waals surface area contributed by atoms with E-state index in [2.05, 4.69) is 46.2 Å². The fraction of sp³-hybridized carbons (Fsp3) is 0.321. The molecule has 0 N–H and O–H groups in total. The second-order valence-corrected chi connectivity index (χ2v) is 8.92. The standard InChI is InChI=1S/C28H30N2O2/c31-28(30-17-15-23-9-4-5-10-24(23)21-30)25-11-7-16-29(20-25)19-22-8-6-14-27(18-22)32-26-12-2-1-3-13-26/h1-6,8-10,12-14,18,25H,7,11,15-17,19-21H2/t25-/m1/s1. The Bertz CT molecular complexity index is 1070. The number of fused-ring (bicyclic) bond motifs is 1. The molecule has 2 heterocycles. The lowest BCUT2D eigenvalue weighted by Crippen LogP contribution is -2.46. The van der Waals surface area contributed by atoms with Gasteiger partial charge in [-0.15, -0.1) is 0 Å². The van der Waals surface area contributed by atoms with Gasteiger partial charge in [-0.25, -0.2) is 0 Å². The smallest absolute Gasteiger partial charge is 0.227 e. The molecule has 2 aliphatic rings. The molecular weight excluding hydrogens is 396 g/mol. The van der Waals surface area contributed by atoms with Gasteiger partial charge >= 0.3 is 0 Å². The van der Waals surface area contributed by atoms with E-state index >= 15 is 0 Å². The fourth-order valence-corrected chi connectivity index (χ4v) is 4.93. The van der Waals surface area contributed by atoms with Gasteiger partial charge in [0.05, 0.1) is 5.92 Å². The summed E-state index contributed by atoms with van der Waals surface area (Å²) in [7, 11) is 0. The van der Waals surface area contributed by atoms with Gasteiger partial charge in [0.1, 0.15) is 11.5 Å². The lowest BCUT2D eigenvalue weighted by molar-refractivity contribution is -0.138. The number of benzene rings is 3. The number of amides is 1. The van der Waals surface area contributed by atoms with Crippen LogP contribution in [-0.2, 0) is 24.3 Å². The van der Waals surface area contributed by atoms with E-state index < -0.39 is 0 Å². The van der Waals surface area contributed by atoms with E-state index in [0.717, 1.165) is 63.5 Å². The van der Waals surface area contributed by atoms with E-state index in [0.29, 0.717) is 5.91 Å². The predicted octanol–water partition coefficient (Wildman–Crippen LogP) is 5.28. The van der Waals surface area contributed by atoms with Crippen LogP contribution in [0.1, 0.15) is 29.5 Å². The third-order valence-corrected chi connectivity index (χ3v) is 6.58. The van der Waals surface area contributed by atoms with Crippen molar-refractivity contribution in [3.63, 3.8) is 0 Å². The van der Waals surface area contributed by atoms with E-state index in [1.807, 2.05) is 42.5 Å². The maximum absolute atomic E-state index is 13.3. The first-order chi connectivity index (χ1) is 15.7. The number of carbonyl (C=O) groups excluding carboxylic acids is 1. The van der Waals surface area contributed by atoms with Crippen molar-refractivity contribution in [2.24, 2.45) is 5.92 Å². The fourth-order valence-electron chi connectivity index (χ4n) is 4.93. The molecule has 0 saturated carbocycles. The highest BCUT2D eigenvalue weighted by atomic mass is 16.5. The van der Waals surface area contributed by atoms with Gasteiger partial charge in [0.25, 0.3) is 0 Å². The molecule has 1 saturated heterocycles. The Morgan fingerprint density at radius 2 is 1.66 bits per heavy atom. The second-order valence-electron chi connectivity index (χ2n) is 8.92. The minimum Gasteiger partial charge on any atom is -0.457 e. The molecule has 5 rings (SSSR count). The molecule has 3 aromatic rings. The maximum Gasteiger partial charge on any atom is 0.227 e. The summed E-state index contributed by atoms with van der Waals surface area (Å²) >= 11 is 0. The average molecular weight is 427 g/mol. The Morgan fingerprint density at radius 3 is 2.53 bits per heavy atom. The summed E-state index contributed by atoms with van der Waals surface area (Å²) < 4.78 is 6.00. The molecule has 3 aromatic carbocycles. The van der Waals surface area contributed by atoms with Crippen molar-refractivity contribution in [2.45, 2.75) is 32.4 Å². The quantitative estimate of drug-likeness (QED) is 0.557. The summed E-state index contributed by atoms with van der Waals surface area (Å²) in [6, 6.07) is 26.7. The van der Waals surface area contributed by atoms with E-state index in [-0.39, 0.29) is 5.92 Å². The third-order valence-electron chi connectivity index (χ3n) is 6.58. The molecular formula is C28H30N2O2. The van der Waals surface area contributed by atoms with E-state index in [9.17, 15) is 4.79 Å². The molecule has 0 bridgehead atoms. The summed E-state index contributed by atoms with van der Waals surface area (Å²) in [6.45, 7) is 4.31. The number of nitrogens with zero attached hydrogens (tertiary/aromatic N) is 2. The molecule has 1 amide bonds. The highest BCUT2D eigenvalue weighted by Crippen LogP contribution is 2.26. The Labute approximate surface area is 190 Å². The van der Waals surface area contributed by atoms with Crippen LogP contribution in [0.2, 0.25) is 0 Å². The van der Waals surface area contributed by atoms with Crippen molar-refractivity contribution < 1.29 is 9.53 Å². The van der Waals surface area contributed by atoms with Crippen LogP contribution in [0.4, 0.5) is 0 Å². The molecule has 0 aromatic heterocycles. The Morgan fingerprint density at radius 1 is 0.875 bits per heavy atom.